The molecule has 2 aliphatic carbocycles. The first-order valence-electron chi connectivity index (χ1n) is 22.4. The van der Waals surface area contributed by atoms with E-state index in [-0.39, 0.29) is 68.3 Å². The van der Waals surface area contributed by atoms with Gasteiger partial charge in [-0.1, -0.05) is 30.0 Å². The van der Waals surface area contributed by atoms with Crippen LogP contribution in [-0.4, -0.2) is 89.2 Å². The van der Waals surface area contributed by atoms with Crippen molar-refractivity contribution in [2.45, 2.75) is 106 Å². The van der Waals surface area contributed by atoms with Gasteiger partial charge in [-0.2, -0.15) is 49.6 Å². The fraction of sp³-hybridized carbons (Fsp3) is 0.457. The van der Waals surface area contributed by atoms with Crippen molar-refractivity contribution in [2.75, 3.05) is 23.4 Å². The number of halogens is 11. The van der Waals surface area contributed by atoms with Crippen molar-refractivity contribution in [1.29, 1.82) is 0 Å². The average molecular weight is 1110 g/mol. The molecule has 4 atom stereocenters. The van der Waals surface area contributed by atoms with Crippen molar-refractivity contribution in [1.82, 2.24) is 29.9 Å². The highest BCUT2D eigenvalue weighted by atomic mass is 35.5. The van der Waals surface area contributed by atoms with E-state index in [9.17, 15) is 61.5 Å². The molecule has 0 aliphatic heterocycles. The van der Waals surface area contributed by atoms with Gasteiger partial charge in [-0.3, -0.25) is 19.0 Å². The Morgan fingerprint density at radius 1 is 0.946 bits per heavy atom. The summed E-state index contributed by atoms with van der Waals surface area (Å²) in [6.45, 7) is -0.600. The number of alkyl halides is 8. The highest BCUT2D eigenvalue weighted by molar-refractivity contribution is 7.93. The molecule has 1 fully saturated rings. The van der Waals surface area contributed by atoms with Crippen LogP contribution in [0.2, 0.25) is 5.02 Å². The molecular formula is C46H46ClF10N9O6S2. The number of nitrogens with two attached hydrogens (primary N) is 2. The number of nitrogens with zero attached hydrogens (tertiary/aromatic N) is 6. The Kier molecular flexibility index (Phi) is 15.1. The lowest BCUT2D eigenvalue weighted by Gasteiger charge is -2.34. The quantitative estimate of drug-likeness (QED) is 0.0501. The lowest BCUT2D eigenvalue weighted by Crippen LogP contribution is -2.47. The third-order valence-electron chi connectivity index (χ3n) is 12.8. The number of carbonyl (C=O) groups excluding carboxylic acids is 2. The number of nitrogens with one attached hydrogen (secondary N) is 1. The van der Waals surface area contributed by atoms with E-state index in [0.717, 1.165) is 42.7 Å². The molecule has 28 heteroatoms. The molecule has 0 bridgehead atoms. The molecule has 0 unspecified atom stereocenters. The summed E-state index contributed by atoms with van der Waals surface area (Å²) < 4.78 is 199. The normalized spacial score (nSPS) is 17.5. The van der Waals surface area contributed by atoms with E-state index in [4.69, 9.17) is 23.1 Å². The van der Waals surface area contributed by atoms with Crippen molar-refractivity contribution in [2.24, 2.45) is 17.4 Å². The highest BCUT2D eigenvalue weighted by Crippen LogP contribution is 2.64. The van der Waals surface area contributed by atoms with Crippen LogP contribution in [0.4, 0.5) is 49.7 Å². The number of fused-ring (bicyclic) bond motifs is 4. The third-order valence-corrected chi connectivity index (χ3v) is 16.1. The molecule has 74 heavy (non-hydrogen) atoms. The van der Waals surface area contributed by atoms with Crippen LogP contribution in [0.15, 0.2) is 42.5 Å². The summed E-state index contributed by atoms with van der Waals surface area (Å²) in [4.78, 5) is 32.7. The summed E-state index contributed by atoms with van der Waals surface area (Å²) in [5, 5.41) is 8.82. The van der Waals surface area contributed by atoms with Gasteiger partial charge in [-0.05, 0) is 100 Å². The number of rotatable bonds is 16. The van der Waals surface area contributed by atoms with Gasteiger partial charge in [0.15, 0.2) is 21.3 Å². The van der Waals surface area contributed by atoms with Crippen molar-refractivity contribution in [3.63, 3.8) is 0 Å². The molecule has 7 rings (SSSR count). The van der Waals surface area contributed by atoms with Crippen LogP contribution in [0.5, 0.6) is 0 Å². The zero-order valence-corrected chi connectivity index (χ0v) is 41.9. The number of anilines is 1. The smallest absolute Gasteiger partial charge is 0.346 e. The fourth-order valence-electron chi connectivity index (χ4n) is 8.97. The van der Waals surface area contributed by atoms with Gasteiger partial charge in [-0.25, -0.2) is 30.6 Å². The minimum atomic E-state index is -5.23. The lowest BCUT2D eigenvalue weighted by molar-refractivity contribution is -0.144. The molecule has 5 N–H and O–H groups in total. The van der Waals surface area contributed by atoms with Crippen LogP contribution < -0.4 is 21.1 Å². The predicted molar refractivity (Wildman–Crippen MR) is 251 cm³/mol. The standard InChI is InChI=1S/C46H46ClF10N9O6S2/c1-43(2,73(3,69)70)15-14-26-8-9-27(28-11-13-31(47)36-38(28)65(22-44(50,51)52)63-41(36)66(74(4,71)72)42(68)32(59)7-5-6-16-58)37(60-26)33(19-23-17-24(48)20-25(49)18-23)61-34(67)21-64-40-35(39(62-64)46(55,56)57)29-10-12-30(29)45(40,53)54/h8-9,11,13,17-18,20,29-30,32-33H,5-7,10,12,16,19,21-22,58-59H2,1-4H3,(H,61,67)/t29-,30+,32-,33-/m0/s1. The largest absolute Gasteiger partial charge is 0.435 e. The predicted octanol–water partition coefficient (Wildman–Crippen LogP) is 7.43. The zero-order valence-electron chi connectivity index (χ0n) is 39.5. The van der Waals surface area contributed by atoms with Gasteiger partial charge in [0, 0.05) is 34.9 Å². The number of amides is 2. The van der Waals surface area contributed by atoms with E-state index in [1.807, 2.05) is 0 Å². The first-order chi connectivity index (χ1) is 34.1. The van der Waals surface area contributed by atoms with Gasteiger partial charge in [0.2, 0.25) is 15.9 Å². The number of hydrogen-bond acceptors (Lipinski definition) is 11. The molecule has 0 spiro atoms. The first kappa shape index (κ1) is 55.9. The van der Waals surface area contributed by atoms with Crippen LogP contribution >= 0.6 is 11.6 Å². The first-order valence-corrected chi connectivity index (χ1v) is 26.6. The van der Waals surface area contributed by atoms with E-state index >= 15 is 8.78 Å². The maximum atomic E-state index is 15.9. The minimum Gasteiger partial charge on any atom is -0.346 e. The Morgan fingerprint density at radius 3 is 2.16 bits per heavy atom. The Morgan fingerprint density at radius 2 is 1.59 bits per heavy atom. The van der Waals surface area contributed by atoms with Crippen LogP contribution in [0.3, 0.4) is 0 Å². The molecule has 2 amide bonds. The van der Waals surface area contributed by atoms with Gasteiger partial charge in [0.05, 0.1) is 40.0 Å². The Labute approximate surface area is 421 Å². The second-order valence-electron chi connectivity index (χ2n) is 18.6. The maximum Gasteiger partial charge on any atom is 0.435 e. The average Bonchev–Trinajstić information content (AvgIpc) is 3.84. The lowest BCUT2D eigenvalue weighted by atomic mass is 9.73. The van der Waals surface area contributed by atoms with Crippen molar-refractivity contribution >= 4 is 60.0 Å². The Balaban J connectivity index is 1.48. The number of unbranched alkanes of at least 4 members (excludes halogenated alkanes) is 1. The van der Waals surface area contributed by atoms with E-state index in [1.54, 1.807) is 0 Å². The number of carbonyl (C=O) groups is 2. The van der Waals surface area contributed by atoms with Crippen LogP contribution in [0, 0.1) is 29.4 Å². The summed E-state index contributed by atoms with van der Waals surface area (Å²) >= 11 is 6.67. The summed E-state index contributed by atoms with van der Waals surface area (Å²) in [6.07, 6.45) is -9.27. The molecule has 400 valence electrons. The number of benzene rings is 2. The number of pyridine rings is 1. The van der Waals surface area contributed by atoms with E-state index in [0.29, 0.717) is 18.7 Å². The third kappa shape index (κ3) is 11.2. The minimum absolute atomic E-state index is 0.0117. The van der Waals surface area contributed by atoms with Crippen LogP contribution in [0.25, 0.3) is 22.0 Å². The molecule has 2 aromatic carbocycles. The molecule has 0 saturated heterocycles. The van der Waals surface area contributed by atoms with Crippen molar-refractivity contribution in [3.8, 4) is 23.0 Å². The number of hydrogen-bond donors (Lipinski definition) is 3. The molecule has 15 nitrogen and oxygen atoms in total. The summed E-state index contributed by atoms with van der Waals surface area (Å²) in [5.74, 6) is -7.31. The zero-order chi connectivity index (χ0) is 54.8. The summed E-state index contributed by atoms with van der Waals surface area (Å²) in [5.41, 5.74) is 5.87. The van der Waals surface area contributed by atoms with Gasteiger partial charge in [0.25, 0.3) is 11.8 Å². The van der Waals surface area contributed by atoms with E-state index in [2.05, 4.69) is 32.3 Å². The van der Waals surface area contributed by atoms with Gasteiger partial charge in [0.1, 0.15) is 40.9 Å². The molecular weight excluding hydrogens is 1060 g/mol. The topological polar surface area (TPSA) is 218 Å². The molecule has 0 radical (unpaired) electrons. The maximum absolute atomic E-state index is 15.9. The molecule has 5 aromatic rings. The highest BCUT2D eigenvalue weighted by Gasteiger charge is 2.63. The monoisotopic (exact) mass is 1110 g/mol. The summed E-state index contributed by atoms with van der Waals surface area (Å²) in [6, 6.07) is 3.30. The SMILES string of the molecule is CC(C)(C#Cc1ccc(-c2ccc(Cl)c3c(N(C(=O)[C@@H](N)CCCCN)S(C)(=O)=O)nn(CC(F)(F)F)c23)c([C@H](Cc2cc(F)cc(F)c2)NC(=O)Cn2nc(C(F)(F)F)c3c2C(F)(F)[C@@H]2CC[C@H]32)n1)S(C)(=O)=O. The molecule has 3 aromatic heterocycles. The fourth-order valence-corrected chi connectivity index (χ4v) is 10.3. The molecule has 2 aliphatic rings. The Bertz CT molecular complexity index is 3330. The number of sulfone groups is 1. The summed E-state index contributed by atoms with van der Waals surface area (Å²) in [7, 11) is -8.71. The molecule has 3 heterocycles. The van der Waals surface area contributed by atoms with Gasteiger partial charge in [-0.15, -0.1) is 0 Å². The van der Waals surface area contributed by atoms with Crippen molar-refractivity contribution in [3.05, 3.63) is 93.0 Å². The van der Waals surface area contributed by atoms with Gasteiger partial charge >= 0.3 is 12.4 Å². The van der Waals surface area contributed by atoms with Gasteiger partial charge < -0.3 is 16.8 Å². The molecule has 1 saturated carbocycles. The van der Waals surface area contributed by atoms with Crippen molar-refractivity contribution < 1.29 is 70.3 Å². The second-order valence-corrected chi connectivity index (χ2v) is 23.4. The van der Waals surface area contributed by atoms with E-state index in [1.165, 1.54) is 13.8 Å². The van der Waals surface area contributed by atoms with E-state index < -0.39 is 154 Å². The Hall–Kier alpha value is -5.82. The number of aromatic nitrogens is 5. The second kappa shape index (κ2) is 20.0. The van der Waals surface area contributed by atoms with Crippen LogP contribution in [-0.2, 0) is 61.1 Å². The van der Waals surface area contributed by atoms with Crippen LogP contribution in [0.1, 0.15) is 91.8 Å². The number of sulfonamides is 1.